The van der Waals surface area contributed by atoms with Crippen molar-refractivity contribution in [3.63, 3.8) is 0 Å². The summed E-state index contributed by atoms with van der Waals surface area (Å²) in [6.07, 6.45) is 3.10. The molecule has 2 rings (SSSR count). The SMILES string of the molecule is C=CC(C)NC1CCc2c(F)ccc(F)c21. The molecule has 1 aromatic carbocycles. The van der Waals surface area contributed by atoms with Crippen LogP contribution in [0.4, 0.5) is 8.78 Å². The molecule has 0 radical (unpaired) electrons. The average molecular weight is 223 g/mol. The van der Waals surface area contributed by atoms with Crippen molar-refractivity contribution in [2.45, 2.75) is 31.8 Å². The molecule has 1 aliphatic rings. The van der Waals surface area contributed by atoms with E-state index >= 15 is 0 Å². The van der Waals surface area contributed by atoms with Crippen LogP contribution in [0.15, 0.2) is 24.8 Å². The second-order valence-electron chi connectivity index (χ2n) is 4.20. The van der Waals surface area contributed by atoms with Gasteiger partial charge in [-0.05, 0) is 37.5 Å². The van der Waals surface area contributed by atoms with Gasteiger partial charge in [-0.2, -0.15) is 0 Å². The van der Waals surface area contributed by atoms with Crippen LogP contribution in [-0.4, -0.2) is 6.04 Å². The standard InChI is InChI=1S/C13H15F2N/c1-3-8(2)16-12-7-4-9-10(14)5-6-11(15)13(9)12/h3,5-6,8,12,16H,1,4,7H2,2H3. The van der Waals surface area contributed by atoms with E-state index in [9.17, 15) is 8.78 Å². The molecule has 0 aliphatic heterocycles. The summed E-state index contributed by atoms with van der Waals surface area (Å²) >= 11 is 0. The van der Waals surface area contributed by atoms with E-state index in [4.69, 9.17) is 0 Å². The topological polar surface area (TPSA) is 12.0 Å². The van der Waals surface area contributed by atoms with E-state index in [2.05, 4.69) is 11.9 Å². The van der Waals surface area contributed by atoms with Crippen LogP contribution in [0, 0.1) is 11.6 Å². The van der Waals surface area contributed by atoms with E-state index < -0.39 is 0 Å². The molecule has 86 valence electrons. The second-order valence-corrected chi connectivity index (χ2v) is 4.20. The monoisotopic (exact) mass is 223 g/mol. The highest BCUT2D eigenvalue weighted by Crippen LogP contribution is 2.35. The summed E-state index contributed by atoms with van der Waals surface area (Å²) in [7, 11) is 0. The smallest absolute Gasteiger partial charge is 0.128 e. The quantitative estimate of drug-likeness (QED) is 0.776. The highest BCUT2D eigenvalue weighted by Gasteiger charge is 2.28. The number of hydrogen-bond acceptors (Lipinski definition) is 1. The Morgan fingerprint density at radius 2 is 2.12 bits per heavy atom. The number of benzene rings is 1. The molecular weight excluding hydrogens is 208 g/mol. The van der Waals surface area contributed by atoms with E-state index in [-0.39, 0.29) is 23.7 Å². The third kappa shape index (κ3) is 1.87. The normalized spacial score (nSPS) is 20.6. The molecule has 0 fully saturated rings. The van der Waals surface area contributed by atoms with Crippen molar-refractivity contribution in [1.29, 1.82) is 0 Å². The van der Waals surface area contributed by atoms with Crippen molar-refractivity contribution in [1.82, 2.24) is 5.32 Å². The zero-order valence-electron chi connectivity index (χ0n) is 9.26. The largest absolute Gasteiger partial charge is 0.304 e. The van der Waals surface area contributed by atoms with Gasteiger partial charge in [0.1, 0.15) is 11.6 Å². The Balaban J connectivity index is 2.31. The molecule has 0 aromatic heterocycles. The third-order valence-electron chi connectivity index (χ3n) is 3.10. The maximum Gasteiger partial charge on any atom is 0.128 e. The minimum absolute atomic E-state index is 0.0959. The fraction of sp³-hybridized carbons (Fsp3) is 0.385. The molecule has 0 spiro atoms. The fourth-order valence-corrected chi connectivity index (χ4v) is 2.23. The predicted octanol–water partition coefficient (Wildman–Crippen LogP) is 3.12. The summed E-state index contributed by atoms with van der Waals surface area (Å²) in [5, 5.41) is 3.23. The highest BCUT2D eigenvalue weighted by molar-refractivity contribution is 5.37. The lowest BCUT2D eigenvalue weighted by atomic mass is 10.1. The number of halogens is 2. The van der Waals surface area contributed by atoms with E-state index in [1.54, 1.807) is 6.08 Å². The molecule has 0 amide bonds. The Morgan fingerprint density at radius 1 is 1.44 bits per heavy atom. The van der Waals surface area contributed by atoms with Gasteiger partial charge >= 0.3 is 0 Å². The van der Waals surface area contributed by atoms with Crippen molar-refractivity contribution in [2.24, 2.45) is 0 Å². The fourth-order valence-electron chi connectivity index (χ4n) is 2.23. The van der Waals surface area contributed by atoms with E-state index in [0.717, 1.165) is 6.42 Å². The van der Waals surface area contributed by atoms with Crippen molar-refractivity contribution < 1.29 is 8.78 Å². The first-order chi connectivity index (χ1) is 7.63. The van der Waals surface area contributed by atoms with Crippen molar-refractivity contribution in [3.8, 4) is 0 Å². The van der Waals surface area contributed by atoms with Crippen LogP contribution in [0.3, 0.4) is 0 Å². The summed E-state index contributed by atoms with van der Waals surface area (Å²) in [5.41, 5.74) is 1.02. The first-order valence-electron chi connectivity index (χ1n) is 5.49. The minimum Gasteiger partial charge on any atom is -0.304 e. The van der Waals surface area contributed by atoms with Gasteiger partial charge in [-0.1, -0.05) is 6.08 Å². The van der Waals surface area contributed by atoms with Gasteiger partial charge < -0.3 is 5.32 Å². The molecule has 0 heterocycles. The van der Waals surface area contributed by atoms with Gasteiger partial charge in [0.15, 0.2) is 0 Å². The van der Waals surface area contributed by atoms with E-state index in [0.29, 0.717) is 17.5 Å². The third-order valence-corrected chi connectivity index (χ3v) is 3.10. The minimum atomic E-state index is -0.317. The first kappa shape index (κ1) is 11.3. The summed E-state index contributed by atoms with van der Waals surface area (Å²) in [4.78, 5) is 0. The summed E-state index contributed by atoms with van der Waals surface area (Å²) in [6.45, 7) is 5.61. The number of nitrogens with one attached hydrogen (secondary N) is 1. The molecule has 16 heavy (non-hydrogen) atoms. The molecule has 1 N–H and O–H groups in total. The van der Waals surface area contributed by atoms with E-state index in [1.807, 2.05) is 6.92 Å². The highest BCUT2D eigenvalue weighted by atomic mass is 19.1. The van der Waals surface area contributed by atoms with Gasteiger partial charge in [-0.25, -0.2) is 8.78 Å². The second kappa shape index (κ2) is 4.34. The lowest BCUT2D eigenvalue weighted by Crippen LogP contribution is -2.28. The van der Waals surface area contributed by atoms with Crippen LogP contribution < -0.4 is 5.32 Å². The Kier molecular flexibility index (Phi) is 3.06. The zero-order chi connectivity index (χ0) is 11.7. The van der Waals surface area contributed by atoms with Crippen LogP contribution in [0.5, 0.6) is 0 Å². The van der Waals surface area contributed by atoms with Crippen molar-refractivity contribution in [3.05, 3.63) is 47.5 Å². The lowest BCUT2D eigenvalue weighted by molar-refractivity contribution is 0.480. The molecule has 2 atom stereocenters. The maximum atomic E-state index is 13.6. The van der Waals surface area contributed by atoms with Gasteiger partial charge in [-0.3, -0.25) is 0 Å². The van der Waals surface area contributed by atoms with E-state index in [1.165, 1.54) is 12.1 Å². The number of rotatable bonds is 3. The van der Waals surface area contributed by atoms with Crippen LogP contribution >= 0.6 is 0 Å². The van der Waals surface area contributed by atoms with Crippen LogP contribution in [-0.2, 0) is 6.42 Å². The Hall–Kier alpha value is -1.22. The molecule has 1 aliphatic carbocycles. The Morgan fingerprint density at radius 3 is 2.81 bits per heavy atom. The van der Waals surface area contributed by atoms with Gasteiger partial charge in [0.2, 0.25) is 0 Å². The molecule has 0 bridgehead atoms. The number of hydrogen-bond donors (Lipinski definition) is 1. The molecule has 0 saturated carbocycles. The average Bonchev–Trinajstić information content (AvgIpc) is 2.68. The zero-order valence-corrected chi connectivity index (χ0v) is 9.26. The first-order valence-corrected chi connectivity index (χ1v) is 5.49. The van der Waals surface area contributed by atoms with Crippen LogP contribution in [0.1, 0.15) is 30.5 Å². The summed E-state index contributed by atoms with van der Waals surface area (Å²) in [6, 6.07) is 2.40. The van der Waals surface area contributed by atoms with Gasteiger partial charge in [0, 0.05) is 17.6 Å². The van der Waals surface area contributed by atoms with Crippen LogP contribution in [0.25, 0.3) is 0 Å². The van der Waals surface area contributed by atoms with Gasteiger partial charge in [0.25, 0.3) is 0 Å². The van der Waals surface area contributed by atoms with Gasteiger partial charge in [0.05, 0.1) is 0 Å². The molecule has 0 saturated heterocycles. The maximum absolute atomic E-state index is 13.6. The molecular formula is C13H15F2N. The number of fused-ring (bicyclic) bond motifs is 1. The Labute approximate surface area is 94.2 Å². The molecule has 2 unspecified atom stereocenters. The molecule has 3 heteroatoms. The summed E-state index contributed by atoms with van der Waals surface area (Å²) < 4.78 is 27.1. The van der Waals surface area contributed by atoms with Crippen molar-refractivity contribution in [2.75, 3.05) is 0 Å². The molecule has 1 aromatic rings. The Bertz CT molecular complexity index is 415. The van der Waals surface area contributed by atoms with Crippen molar-refractivity contribution >= 4 is 0 Å². The van der Waals surface area contributed by atoms with Crippen LogP contribution in [0.2, 0.25) is 0 Å². The molecule has 1 nitrogen and oxygen atoms in total. The predicted molar refractivity (Wildman–Crippen MR) is 60.2 cm³/mol. The lowest BCUT2D eigenvalue weighted by Gasteiger charge is -2.18. The van der Waals surface area contributed by atoms with Gasteiger partial charge in [-0.15, -0.1) is 6.58 Å². The summed E-state index contributed by atoms with van der Waals surface area (Å²) in [5.74, 6) is -0.616.